The van der Waals surface area contributed by atoms with Gasteiger partial charge in [-0.2, -0.15) is 4.98 Å². The smallest absolute Gasteiger partial charge is 0.227 e. The summed E-state index contributed by atoms with van der Waals surface area (Å²) in [5.41, 5.74) is 1.99. The van der Waals surface area contributed by atoms with Gasteiger partial charge in [-0.3, -0.25) is 9.78 Å². The van der Waals surface area contributed by atoms with Gasteiger partial charge in [0.15, 0.2) is 0 Å². The molecule has 0 saturated carbocycles. The van der Waals surface area contributed by atoms with Crippen LogP contribution in [-0.4, -0.2) is 39.1 Å². The fourth-order valence-corrected chi connectivity index (χ4v) is 3.70. The lowest BCUT2D eigenvalue weighted by Crippen LogP contribution is -2.30. The number of rotatable bonds is 7. The van der Waals surface area contributed by atoms with E-state index < -0.39 is 0 Å². The van der Waals surface area contributed by atoms with Crippen LogP contribution in [0.4, 0.5) is 0 Å². The molecular weight excluding hydrogens is 368 g/mol. The number of ether oxygens (including phenoxy) is 1. The molecular formula is C22H24N4O3. The topological polar surface area (TPSA) is 81.4 Å². The van der Waals surface area contributed by atoms with Crippen molar-refractivity contribution < 1.29 is 14.1 Å². The molecule has 0 N–H and O–H groups in total. The molecule has 7 nitrogen and oxygen atoms in total. The standard InChI is InChI=1S/C22H24N4O3/c1-2-28-18-7-5-17(6-8-18)22-24-20(29-25-22)9-10-21(27)26-15-3-4-19(26)16-11-13-23-14-12-16/h5-8,11-14,19H,2-4,9-10,15H2,1H3. The lowest BCUT2D eigenvalue weighted by molar-refractivity contribution is -0.132. The fraction of sp³-hybridized carbons (Fsp3) is 0.364. The highest BCUT2D eigenvalue weighted by molar-refractivity contribution is 5.77. The van der Waals surface area contributed by atoms with E-state index in [1.807, 2.05) is 48.2 Å². The predicted octanol–water partition coefficient (Wildman–Crippen LogP) is 3.83. The van der Waals surface area contributed by atoms with E-state index in [1.54, 1.807) is 12.4 Å². The fourth-order valence-electron chi connectivity index (χ4n) is 3.70. The third-order valence-electron chi connectivity index (χ3n) is 5.11. The molecule has 1 aromatic carbocycles. The molecule has 0 aliphatic carbocycles. The van der Waals surface area contributed by atoms with E-state index in [9.17, 15) is 4.79 Å². The van der Waals surface area contributed by atoms with E-state index in [4.69, 9.17) is 9.26 Å². The summed E-state index contributed by atoms with van der Waals surface area (Å²) in [6.45, 7) is 3.36. The van der Waals surface area contributed by atoms with Crippen LogP contribution in [0.3, 0.4) is 0 Å². The molecule has 1 unspecified atom stereocenters. The zero-order valence-electron chi connectivity index (χ0n) is 16.5. The second-order valence-corrected chi connectivity index (χ2v) is 6.99. The van der Waals surface area contributed by atoms with Gasteiger partial charge in [-0.1, -0.05) is 5.16 Å². The highest BCUT2D eigenvalue weighted by atomic mass is 16.5. The van der Waals surface area contributed by atoms with Crippen LogP contribution in [-0.2, 0) is 11.2 Å². The molecule has 1 atom stereocenters. The maximum atomic E-state index is 12.8. The number of likely N-dealkylation sites (tertiary alicyclic amines) is 1. The van der Waals surface area contributed by atoms with Crippen LogP contribution in [0.5, 0.6) is 5.75 Å². The van der Waals surface area contributed by atoms with Crippen molar-refractivity contribution in [3.63, 3.8) is 0 Å². The normalized spacial score (nSPS) is 16.2. The molecule has 4 rings (SSSR count). The largest absolute Gasteiger partial charge is 0.494 e. The molecule has 2 aromatic heterocycles. The monoisotopic (exact) mass is 392 g/mol. The van der Waals surface area contributed by atoms with Crippen molar-refractivity contribution in [2.24, 2.45) is 0 Å². The number of benzene rings is 1. The van der Waals surface area contributed by atoms with Gasteiger partial charge in [-0.05, 0) is 61.7 Å². The maximum Gasteiger partial charge on any atom is 0.227 e. The Bertz CT molecular complexity index is 940. The molecule has 0 bridgehead atoms. The summed E-state index contributed by atoms with van der Waals surface area (Å²) < 4.78 is 10.8. The van der Waals surface area contributed by atoms with Gasteiger partial charge in [-0.25, -0.2) is 0 Å². The second-order valence-electron chi connectivity index (χ2n) is 6.99. The Morgan fingerprint density at radius 3 is 2.76 bits per heavy atom. The highest BCUT2D eigenvalue weighted by Gasteiger charge is 2.29. The molecule has 1 saturated heterocycles. The van der Waals surface area contributed by atoms with Crippen LogP contribution < -0.4 is 4.74 Å². The van der Waals surface area contributed by atoms with E-state index in [1.165, 1.54) is 0 Å². The van der Waals surface area contributed by atoms with Crippen molar-refractivity contribution >= 4 is 5.91 Å². The number of pyridine rings is 1. The van der Waals surface area contributed by atoms with E-state index in [-0.39, 0.29) is 11.9 Å². The van der Waals surface area contributed by atoms with Crippen molar-refractivity contribution in [1.82, 2.24) is 20.0 Å². The summed E-state index contributed by atoms with van der Waals surface area (Å²) >= 11 is 0. The Balaban J connectivity index is 1.36. The van der Waals surface area contributed by atoms with Gasteiger partial charge in [0.2, 0.25) is 17.6 Å². The number of nitrogens with zero attached hydrogens (tertiary/aromatic N) is 4. The highest BCUT2D eigenvalue weighted by Crippen LogP contribution is 2.32. The average molecular weight is 392 g/mol. The first kappa shape index (κ1) is 19.1. The molecule has 29 heavy (non-hydrogen) atoms. The van der Waals surface area contributed by atoms with Gasteiger partial charge < -0.3 is 14.2 Å². The van der Waals surface area contributed by atoms with Gasteiger partial charge >= 0.3 is 0 Å². The molecule has 7 heteroatoms. The minimum atomic E-state index is 0.116. The van der Waals surface area contributed by atoms with E-state index in [2.05, 4.69) is 15.1 Å². The molecule has 0 spiro atoms. The van der Waals surface area contributed by atoms with E-state index in [0.29, 0.717) is 31.2 Å². The lowest BCUT2D eigenvalue weighted by Gasteiger charge is -2.24. The molecule has 1 fully saturated rings. The van der Waals surface area contributed by atoms with Crippen LogP contribution in [0.1, 0.15) is 43.7 Å². The quantitative estimate of drug-likeness (QED) is 0.608. The number of carbonyl (C=O) groups is 1. The SMILES string of the molecule is CCOc1ccc(-c2noc(CCC(=O)N3CCCC3c3ccncc3)n2)cc1. The second kappa shape index (κ2) is 8.86. The summed E-state index contributed by atoms with van der Waals surface area (Å²) in [6.07, 6.45) is 6.34. The zero-order chi connectivity index (χ0) is 20.1. The number of amides is 1. The number of hydrogen-bond donors (Lipinski definition) is 0. The average Bonchev–Trinajstić information content (AvgIpc) is 3.43. The summed E-state index contributed by atoms with van der Waals surface area (Å²) in [6, 6.07) is 11.7. The number of carbonyl (C=O) groups excluding carboxylic acids is 1. The van der Waals surface area contributed by atoms with Crippen LogP contribution in [0.15, 0.2) is 53.3 Å². The van der Waals surface area contributed by atoms with Crippen LogP contribution in [0.25, 0.3) is 11.4 Å². The lowest BCUT2D eigenvalue weighted by atomic mass is 10.1. The van der Waals surface area contributed by atoms with Crippen molar-refractivity contribution in [2.45, 2.75) is 38.6 Å². The predicted molar refractivity (Wildman–Crippen MR) is 107 cm³/mol. The Labute approximate surface area is 169 Å². The van der Waals surface area contributed by atoms with Crippen LogP contribution in [0.2, 0.25) is 0 Å². The van der Waals surface area contributed by atoms with Crippen LogP contribution in [0, 0.1) is 0 Å². The van der Waals surface area contributed by atoms with Crippen molar-refractivity contribution in [3.05, 3.63) is 60.2 Å². The first-order valence-electron chi connectivity index (χ1n) is 10.00. The Morgan fingerprint density at radius 2 is 2.00 bits per heavy atom. The van der Waals surface area contributed by atoms with Gasteiger partial charge in [-0.15, -0.1) is 0 Å². The third-order valence-corrected chi connectivity index (χ3v) is 5.11. The number of aromatic nitrogens is 3. The van der Waals surface area contributed by atoms with Crippen LogP contribution >= 0.6 is 0 Å². The van der Waals surface area contributed by atoms with E-state index in [0.717, 1.165) is 36.3 Å². The number of aryl methyl sites for hydroxylation is 1. The Kier molecular flexibility index (Phi) is 5.84. The van der Waals surface area contributed by atoms with Gasteiger partial charge in [0.1, 0.15) is 5.75 Å². The van der Waals surface area contributed by atoms with Crippen molar-refractivity contribution in [1.29, 1.82) is 0 Å². The summed E-state index contributed by atoms with van der Waals surface area (Å²) in [4.78, 5) is 23.2. The van der Waals surface area contributed by atoms with Crippen molar-refractivity contribution in [2.75, 3.05) is 13.2 Å². The minimum Gasteiger partial charge on any atom is -0.494 e. The molecule has 0 radical (unpaired) electrons. The molecule has 3 heterocycles. The zero-order valence-corrected chi connectivity index (χ0v) is 16.5. The molecule has 3 aromatic rings. The van der Waals surface area contributed by atoms with Crippen molar-refractivity contribution in [3.8, 4) is 17.1 Å². The summed E-state index contributed by atoms with van der Waals surface area (Å²) in [5, 5.41) is 4.04. The molecule has 1 aliphatic rings. The Morgan fingerprint density at radius 1 is 1.21 bits per heavy atom. The first-order chi connectivity index (χ1) is 14.2. The first-order valence-corrected chi connectivity index (χ1v) is 10.00. The van der Waals surface area contributed by atoms with Gasteiger partial charge in [0.25, 0.3) is 0 Å². The third kappa shape index (κ3) is 4.45. The minimum absolute atomic E-state index is 0.116. The van der Waals surface area contributed by atoms with E-state index >= 15 is 0 Å². The maximum absolute atomic E-state index is 12.8. The number of hydrogen-bond acceptors (Lipinski definition) is 6. The van der Waals surface area contributed by atoms with Gasteiger partial charge in [0.05, 0.1) is 12.6 Å². The Hall–Kier alpha value is -3.22. The molecule has 1 amide bonds. The summed E-state index contributed by atoms with van der Waals surface area (Å²) in [5.74, 6) is 1.92. The van der Waals surface area contributed by atoms with Gasteiger partial charge in [0, 0.05) is 37.3 Å². The molecule has 1 aliphatic heterocycles. The summed E-state index contributed by atoms with van der Waals surface area (Å²) in [7, 11) is 0. The molecule has 150 valence electrons.